The average molecular weight is 361 g/mol. The second-order valence-electron chi connectivity index (χ2n) is 6.48. The van der Waals surface area contributed by atoms with Crippen LogP contribution in [0.25, 0.3) is 28.1 Å². The van der Waals surface area contributed by atoms with Crippen molar-refractivity contribution in [2.45, 2.75) is 18.9 Å². The van der Waals surface area contributed by atoms with Crippen molar-refractivity contribution in [2.75, 3.05) is 13.2 Å². The molecule has 0 radical (unpaired) electrons. The number of hydrogen-bond acceptors (Lipinski definition) is 6. The Kier molecular flexibility index (Phi) is 3.51. The SMILES string of the molecule is N#Cc1ccc2ncn(-c3ncc4[nH]c(=O)n(C5CCOCC5)c4n3)c2c1. The van der Waals surface area contributed by atoms with Crippen LogP contribution < -0.4 is 5.69 Å². The highest BCUT2D eigenvalue weighted by Crippen LogP contribution is 2.23. The quantitative estimate of drug-likeness (QED) is 0.581. The zero-order chi connectivity index (χ0) is 18.4. The molecule has 0 spiro atoms. The number of nitrogens with one attached hydrogen (secondary N) is 1. The van der Waals surface area contributed by atoms with Gasteiger partial charge in [-0.15, -0.1) is 0 Å². The van der Waals surface area contributed by atoms with Crippen LogP contribution in [0, 0.1) is 11.3 Å². The Morgan fingerprint density at radius 1 is 1.26 bits per heavy atom. The standard InChI is InChI=1S/C18H15N7O2/c19-8-11-1-2-13-15(7-11)24(10-21-13)17-20-9-14-16(23-17)25(18(26)22-14)12-3-5-27-6-4-12/h1-2,7,9-10,12H,3-6H2,(H,22,26). The van der Waals surface area contributed by atoms with E-state index in [1.165, 1.54) is 0 Å². The lowest BCUT2D eigenvalue weighted by Gasteiger charge is -2.22. The number of hydrogen-bond donors (Lipinski definition) is 1. The van der Waals surface area contributed by atoms with Gasteiger partial charge in [-0.2, -0.15) is 10.2 Å². The maximum Gasteiger partial charge on any atom is 0.327 e. The lowest BCUT2D eigenvalue weighted by molar-refractivity contribution is 0.0697. The Morgan fingerprint density at radius 3 is 2.93 bits per heavy atom. The van der Waals surface area contributed by atoms with Crippen molar-refractivity contribution in [3.63, 3.8) is 0 Å². The van der Waals surface area contributed by atoms with Gasteiger partial charge < -0.3 is 9.72 Å². The van der Waals surface area contributed by atoms with Gasteiger partial charge in [-0.05, 0) is 31.0 Å². The summed E-state index contributed by atoms with van der Waals surface area (Å²) in [6.45, 7) is 1.26. The Bertz CT molecular complexity index is 1250. The van der Waals surface area contributed by atoms with E-state index in [1.54, 1.807) is 39.9 Å². The number of fused-ring (bicyclic) bond motifs is 2. The third kappa shape index (κ3) is 2.50. The minimum absolute atomic E-state index is 0.0486. The summed E-state index contributed by atoms with van der Waals surface area (Å²) in [5.74, 6) is 0.403. The fourth-order valence-corrected chi connectivity index (χ4v) is 3.54. The highest BCUT2D eigenvalue weighted by atomic mass is 16.5. The number of nitrogens with zero attached hydrogens (tertiary/aromatic N) is 6. The number of ether oxygens (including phenoxy) is 1. The molecule has 0 amide bonds. The molecule has 1 fully saturated rings. The largest absolute Gasteiger partial charge is 0.381 e. The number of H-pyrrole nitrogens is 1. The first-order chi connectivity index (χ1) is 13.2. The molecule has 0 aliphatic carbocycles. The number of rotatable bonds is 2. The van der Waals surface area contributed by atoms with Crippen molar-refractivity contribution in [1.29, 1.82) is 5.26 Å². The van der Waals surface area contributed by atoms with E-state index in [4.69, 9.17) is 10.00 Å². The van der Waals surface area contributed by atoms with Crippen LogP contribution in [0.4, 0.5) is 0 Å². The van der Waals surface area contributed by atoms with Crippen molar-refractivity contribution >= 4 is 22.2 Å². The molecule has 1 aromatic carbocycles. The van der Waals surface area contributed by atoms with Crippen molar-refractivity contribution in [3.8, 4) is 12.0 Å². The third-order valence-electron chi connectivity index (χ3n) is 4.89. The Hall–Kier alpha value is -3.51. The summed E-state index contributed by atoms with van der Waals surface area (Å²) in [5.41, 5.74) is 2.99. The molecular formula is C18H15N7O2. The maximum atomic E-state index is 12.5. The number of benzene rings is 1. The van der Waals surface area contributed by atoms with Crippen LogP contribution in [0.15, 0.2) is 35.5 Å². The molecule has 1 aliphatic rings. The van der Waals surface area contributed by atoms with Gasteiger partial charge in [-0.1, -0.05) is 0 Å². The van der Waals surface area contributed by atoms with Crippen LogP contribution >= 0.6 is 0 Å². The summed E-state index contributed by atoms with van der Waals surface area (Å²) in [6, 6.07) is 7.44. The fourth-order valence-electron chi connectivity index (χ4n) is 3.54. The first-order valence-corrected chi connectivity index (χ1v) is 8.67. The summed E-state index contributed by atoms with van der Waals surface area (Å²) in [7, 11) is 0. The van der Waals surface area contributed by atoms with Crippen LogP contribution in [-0.2, 0) is 4.74 Å². The average Bonchev–Trinajstić information content (AvgIpc) is 3.27. The maximum absolute atomic E-state index is 12.5. The third-order valence-corrected chi connectivity index (χ3v) is 4.89. The molecule has 1 N–H and O–H groups in total. The summed E-state index contributed by atoms with van der Waals surface area (Å²) in [6.07, 6.45) is 4.77. The second-order valence-corrected chi connectivity index (χ2v) is 6.48. The minimum Gasteiger partial charge on any atom is -0.381 e. The van der Waals surface area contributed by atoms with E-state index in [0.29, 0.717) is 35.9 Å². The molecule has 1 aliphatic heterocycles. The Balaban J connectivity index is 1.69. The van der Waals surface area contributed by atoms with Crippen molar-refractivity contribution in [2.24, 2.45) is 0 Å². The van der Waals surface area contributed by atoms with Crippen molar-refractivity contribution < 1.29 is 4.74 Å². The monoisotopic (exact) mass is 361 g/mol. The molecule has 134 valence electrons. The number of aromatic nitrogens is 6. The highest BCUT2D eigenvalue weighted by molar-refractivity contribution is 5.79. The molecule has 1 saturated heterocycles. The van der Waals surface area contributed by atoms with Crippen LogP contribution in [0.3, 0.4) is 0 Å². The van der Waals surface area contributed by atoms with Crippen LogP contribution in [0.2, 0.25) is 0 Å². The van der Waals surface area contributed by atoms with Gasteiger partial charge in [0.15, 0.2) is 5.65 Å². The summed E-state index contributed by atoms with van der Waals surface area (Å²) in [5, 5.41) is 9.16. The molecule has 0 atom stereocenters. The van der Waals surface area contributed by atoms with E-state index in [9.17, 15) is 4.79 Å². The van der Waals surface area contributed by atoms with E-state index in [0.717, 1.165) is 23.9 Å². The normalized spacial score (nSPS) is 15.4. The summed E-state index contributed by atoms with van der Waals surface area (Å²) >= 11 is 0. The molecule has 0 bridgehead atoms. The summed E-state index contributed by atoms with van der Waals surface area (Å²) in [4.78, 5) is 28.7. The lowest BCUT2D eigenvalue weighted by Crippen LogP contribution is -2.27. The molecule has 0 saturated carbocycles. The smallest absolute Gasteiger partial charge is 0.327 e. The van der Waals surface area contributed by atoms with Crippen LogP contribution in [0.5, 0.6) is 0 Å². The number of imidazole rings is 2. The Labute approximate surface area is 152 Å². The molecule has 27 heavy (non-hydrogen) atoms. The van der Waals surface area contributed by atoms with Gasteiger partial charge in [0.2, 0.25) is 5.95 Å². The minimum atomic E-state index is -0.189. The predicted octanol–water partition coefficient (Wildman–Crippen LogP) is 1.68. The fraction of sp³-hybridized carbons (Fsp3) is 0.278. The summed E-state index contributed by atoms with van der Waals surface area (Å²) < 4.78 is 8.83. The topological polar surface area (TPSA) is 114 Å². The van der Waals surface area contributed by atoms with E-state index in [2.05, 4.69) is 26.0 Å². The number of aromatic amines is 1. The second kappa shape index (κ2) is 6.03. The molecule has 0 unspecified atom stereocenters. The van der Waals surface area contributed by atoms with Gasteiger partial charge in [0, 0.05) is 19.3 Å². The van der Waals surface area contributed by atoms with Gasteiger partial charge in [0.25, 0.3) is 0 Å². The first kappa shape index (κ1) is 15.7. The first-order valence-electron chi connectivity index (χ1n) is 8.67. The molecule has 5 rings (SSSR count). The zero-order valence-electron chi connectivity index (χ0n) is 14.3. The van der Waals surface area contributed by atoms with Gasteiger partial charge in [0.05, 0.1) is 28.9 Å². The molecule has 9 heteroatoms. The van der Waals surface area contributed by atoms with E-state index < -0.39 is 0 Å². The van der Waals surface area contributed by atoms with E-state index in [-0.39, 0.29) is 11.7 Å². The van der Waals surface area contributed by atoms with Gasteiger partial charge >= 0.3 is 5.69 Å². The predicted molar refractivity (Wildman–Crippen MR) is 96.6 cm³/mol. The van der Waals surface area contributed by atoms with Gasteiger partial charge in [-0.25, -0.2) is 14.8 Å². The molecule has 4 heterocycles. The zero-order valence-corrected chi connectivity index (χ0v) is 14.3. The van der Waals surface area contributed by atoms with Gasteiger partial charge in [-0.3, -0.25) is 9.13 Å². The van der Waals surface area contributed by atoms with E-state index in [1.807, 2.05) is 0 Å². The van der Waals surface area contributed by atoms with Gasteiger partial charge in [0.1, 0.15) is 11.8 Å². The molecule has 4 aromatic rings. The van der Waals surface area contributed by atoms with Crippen molar-refractivity contribution in [1.82, 2.24) is 29.1 Å². The lowest BCUT2D eigenvalue weighted by atomic mass is 10.1. The molecule has 9 nitrogen and oxygen atoms in total. The van der Waals surface area contributed by atoms with Crippen LogP contribution in [0.1, 0.15) is 24.4 Å². The van der Waals surface area contributed by atoms with E-state index >= 15 is 0 Å². The molecular weight excluding hydrogens is 346 g/mol. The van der Waals surface area contributed by atoms with Crippen LogP contribution in [-0.4, -0.2) is 42.3 Å². The number of nitriles is 1. The highest BCUT2D eigenvalue weighted by Gasteiger charge is 2.22. The Morgan fingerprint density at radius 2 is 2.11 bits per heavy atom. The van der Waals surface area contributed by atoms with Crippen molar-refractivity contribution in [3.05, 3.63) is 46.8 Å². The molecule has 3 aromatic heterocycles.